The van der Waals surface area contributed by atoms with Crippen LogP contribution in [0.1, 0.15) is 399 Å². The van der Waals surface area contributed by atoms with Crippen LogP contribution in [0, 0.1) is 0 Å². The summed E-state index contributed by atoms with van der Waals surface area (Å²) < 4.78 is 5.49. The van der Waals surface area contributed by atoms with Crippen LogP contribution in [0.25, 0.3) is 0 Å². The molecule has 0 aliphatic carbocycles. The monoisotopic (exact) mass is 1120 g/mol. The normalized spacial score (nSPS) is 12.7. The molecule has 0 aromatic rings. The van der Waals surface area contributed by atoms with E-state index in [1.54, 1.807) is 0 Å². The van der Waals surface area contributed by atoms with Crippen molar-refractivity contribution in [2.45, 2.75) is 411 Å². The number of aliphatic hydroxyl groups excluding tert-OH is 2. The summed E-state index contributed by atoms with van der Waals surface area (Å²) in [7, 11) is 0. The Hall–Kier alpha value is -1.92. The van der Waals surface area contributed by atoms with Gasteiger partial charge in [-0.3, -0.25) is 9.59 Å². The molecule has 6 heteroatoms. The van der Waals surface area contributed by atoms with Crippen molar-refractivity contribution < 1.29 is 24.5 Å². The standard InChI is InChI=1S/C74H141NO5/c1-3-5-7-9-11-13-15-17-18-41-44-48-52-56-60-64-68-74(79)80-69-65-61-57-53-49-45-42-39-37-35-33-31-29-27-25-23-21-19-20-22-24-26-28-30-32-34-36-38-40-43-47-51-55-59-63-67-73(78)75-71(70-76)72(77)66-62-58-54-50-46-16-14-12-10-8-6-4-2/h13,15,18,21,23,41,71-72,76-77H,3-12,14,16-17,19-20,22,24-40,42-70H2,1-2H3,(H,75,78)/b15-13-,23-21-,41-18-. The third-order valence-electron chi connectivity index (χ3n) is 16.9. The van der Waals surface area contributed by atoms with Gasteiger partial charge in [-0.15, -0.1) is 0 Å². The van der Waals surface area contributed by atoms with E-state index in [2.05, 4.69) is 55.6 Å². The zero-order valence-electron chi connectivity index (χ0n) is 54.1. The lowest BCUT2D eigenvalue weighted by Crippen LogP contribution is -2.45. The number of rotatable bonds is 68. The van der Waals surface area contributed by atoms with Gasteiger partial charge in [-0.05, 0) is 83.5 Å². The van der Waals surface area contributed by atoms with Gasteiger partial charge >= 0.3 is 5.97 Å². The zero-order valence-corrected chi connectivity index (χ0v) is 54.1. The fraction of sp³-hybridized carbons (Fsp3) is 0.892. The lowest BCUT2D eigenvalue weighted by Gasteiger charge is -2.22. The molecule has 2 unspecified atom stereocenters. The van der Waals surface area contributed by atoms with E-state index >= 15 is 0 Å². The first-order valence-corrected chi connectivity index (χ1v) is 36.2. The number of hydrogen-bond acceptors (Lipinski definition) is 5. The lowest BCUT2D eigenvalue weighted by molar-refractivity contribution is -0.143. The molecule has 0 aromatic carbocycles. The Bertz CT molecular complexity index is 1300. The first-order valence-electron chi connectivity index (χ1n) is 36.2. The maximum absolute atomic E-state index is 12.5. The number of carbonyl (C=O) groups is 2. The van der Waals surface area contributed by atoms with Crippen molar-refractivity contribution in [2.75, 3.05) is 13.2 Å². The smallest absolute Gasteiger partial charge is 0.305 e. The largest absolute Gasteiger partial charge is 0.466 e. The van der Waals surface area contributed by atoms with Crippen molar-refractivity contribution >= 4 is 11.9 Å². The second-order valence-electron chi connectivity index (χ2n) is 24.9. The van der Waals surface area contributed by atoms with Gasteiger partial charge in [-0.25, -0.2) is 0 Å². The van der Waals surface area contributed by atoms with Crippen molar-refractivity contribution in [1.29, 1.82) is 0 Å². The Morgan fingerprint density at radius 1 is 0.350 bits per heavy atom. The first-order chi connectivity index (χ1) is 39.5. The van der Waals surface area contributed by atoms with Crippen LogP contribution >= 0.6 is 0 Å². The Kier molecular flexibility index (Phi) is 67.9. The molecule has 0 heterocycles. The number of ether oxygens (including phenoxy) is 1. The molecule has 2 atom stereocenters. The molecule has 0 aliphatic heterocycles. The molecule has 80 heavy (non-hydrogen) atoms. The summed E-state index contributed by atoms with van der Waals surface area (Å²) in [6, 6.07) is -0.538. The summed E-state index contributed by atoms with van der Waals surface area (Å²) in [5.74, 6) is -0.0231. The Balaban J connectivity index is 3.32. The van der Waals surface area contributed by atoms with Crippen LogP contribution in [0.4, 0.5) is 0 Å². The van der Waals surface area contributed by atoms with Crippen LogP contribution in [0.5, 0.6) is 0 Å². The maximum atomic E-state index is 12.5. The Morgan fingerprint density at radius 3 is 0.975 bits per heavy atom. The van der Waals surface area contributed by atoms with E-state index in [1.807, 2.05) is 0 Å². The molecule has 0 saturated heterocycles. The van der Waals surface area contributed by atoms with Gasteiger partial charge in [0.15, 0.2) is 0 Å². The van der Waals surface area contributed by atoms with Gasteiger partial charge in [0.1, 0.15) is 0 Å². The predicted octanol–water partition coefficient (Wildman–Crippen LogP) is 23.5. The van der Waals surface area contributed by atoms with Gasteiger partial charge in [0.25, 0.3) is 0 Å². The van der Waals surface area contributed by atoms with Crippen molar-refractivity contribution in [3.05, 3.63) is 36.5 Å². The summed E-state index contributed by atoms with van der Waals surface area (Å²) in [4.78, 5) is 24.6. The predicted molar refractivity (Wildman–Crippen MR) is 352 cm³/mol. The van der Waals surface area contributed by atoms with Gasteiger partial charge in [0.05, 0.1) is 25.4 Å². The van der Waals surface area contributed by atoms with Crippen molar-refractivity contribution in [1.82, 2.24) is 5.32 Å². The molecule has 0 spiro atoms. The number of amides is 1. The molecule has 3 N–H and O–H groups in total. The molecule has 1 amide bonds. The second kappa shape index (κ2) is 69.6. The fourth-order valence-electron chi connectivity index (χ4n) is 11.4. The van der Waals surface area contributed by atoms with E-state index in [4.69, 9.17) is 4.74 Å². The first kappa shape index (κ1) is 78.1. The lowest BCUT2D eigenvalue weighted by atomic mass is 10.0. The molecule has 0 rings (SSSR count). The third kappa shape index (κ3) is 65.2. The molecule has 472 valence electrons. The van der Waals surface area contributed by atoms with Crippen LogP contribution in [0.15, 0.2) is 36.5 Å². The molecule has 0 radical (unpaired) electrons. The minimum atomic E-state index is -0.660. The van der Waals surface area contributed by atoms with Crippen LogP contribution in [-0.4, -0.2) is 47.4 Å². The molecule has 0 aliphatic rings. The summed E-state index contributed by atoms with van der Waals surface area (Å²) in [6.07, 6.45) is 89.3. The van der Waals surface area contributed by atoms with E-state index in [0.717, 1.165) is 51.4 Å². The summed E-state index contributed by atoms with van der Waals surface area (Å²) in [5.41, 5.74) is 0. The number of esters is 1. The quantitative estimate of drug-likeness (QED) is 0.0320. The highest BCUT2D eigenvalue weighted by Crippen LogP contribution is 2.19. The molecule has 0 bridgehead atoms. The van der Waals surface area contributed by atoms with Crippen LogP contribution in [-0.2, 0) is 14.3 Å². The number of allylic oxidation sites excluding steroid dienone is 6. The summed E-state index contributed by atoms with van der Waals surface area (Å²) in [6.45, 7) is 4.95. The summed E-state index contributed by atoms with van der Waals surface area (Å²) in [5, 5.41) is 23.3. The topological polar surface area (TPSA) is 95.9 Å². The summed E-state index contributed by atoms with van der Waals surface area (Å²) >= 11 is 0. The fourth-order valence-corrected chi connectivity index (χ4v) is 11.4. The van der Waals surface area contributed by atoms with E-state index in [9.17, 15) is 19.8 Å². The van der Waals surface area contributed by atoms with Crippen molar-refractivity contribution in [3.63, 3.8) is 0 Å². The van der Waals surface area contributed by atoms with Crippen molar-refractivity contribution in [3.8, 4) is 0 Å². The highest BCUT2D eigenvalue weighted by molar-refractivity contribution is 5.76. The van der Waals surface area contributed by atoms with E-state index in [-0.39, 0.29) is 18.5 Å². The second-order valence-corrected chi connectivity index (χ2v) is 24.9. The van der Waals surface area contributed by atoms with Gasteiger partial charge < -0.3 is 20.3 Å². The number of unbranched alkanes of at least 4 members (excludes halogenated alkanes) is 51. The maximum Gasteiger partial charge on any atom is 0.305 e. The van der Waals surface area contributed by atoms with E-state index in [1.165, 1.54) is 315 Å². The number of carbonyl (C=O) groups excluding carboxylic acids is 2. The Labute approximate surface area is 500 Å². The number of hydrogen-bond donors (Lipinski definition) is 3. The third-order valence-corrected chi connectivity index (χ3v) is 16.9. The number of aliphatic hydroxyl groups is 2. The average Bonchev–Trinajstić information content (AvgIpc) is 3.46. The number of nitrogens with one attached hydrogen (secondary N) is 1. The average molecular weight is 1120 g/mol. The zero-order chi connectivity index (χ0) is 57.8. The molecule has 0 aromatic heterocycles. The molecule has 0 saturated carbocycles. The highest BCUT2D eigenvalue weighted by atomic mass is 16.5. The minimum absolute atomic E-state index is 0.00702. The van der Waals surface area contributed by atoms with E-state index in [0.29, 0.717) is 25.9 Å². The van der Waals surface area contributed by atoms with Crippen LogP contribution < -0.4 is 5.32 Å². The van der Waals surface area contributed by atoms with Crippen LogP contribution in [0.3, 0.4) is 0 Å². The molecular weight excluding hydrogens is 983 g/mol. The molecular formula is C74H141NO5. The van der Waals surface area contributed by atoms with E-state index < -0.39 is 12.1 Å². The van der Waals surface area contributed by atoms with Gasteiger partial charge in [-0.1, -0.05) is 339 Å². The SMILES string of the molecule is CCCCCC/C=C\C/C=C\CCCCCCCC(=O)OCCCCCCCCCCCCCCCC/C=C\CCCCCCCCCCCCCCCCCCCC(=O)NC(CO)C(O)CCCCCCCCCCCCCC. The van der Waals surface area contributed by atoms with Crippen LogP contribution in [0.2, 0.25) is 0 Å². The van der Waals surface area contributed by atoms with Gasteiger partial charge in [0, 0.05) is 12.8 Å². The highest BCUT2D eigenvalue weighted by Gasteiger charge is 2.20. The Morgan fingerprint density at radius 2 is 0.625 bits per heavy atom. The van der Waals surface area contributed by atoms with Gasteiger partial charge in [-0.2, -0.15) is 0 Å². The minimum Gasteiger partial charge on any atom is -0.466 e. The van der Waals surface area contributed by atoms with Crippen molar-refractivity contribution in [2.24, 2.45) is 0 Å². The molecule has 0 fully saturated rings. The molecule has 6 nitrogen and oxygen atoms in total. The van der Waals surface area contributed by atoms with Gasteiger partial charge in [0.2, 0.25) is 5.91 Å².